The third-order valence-corrected chi connectivity index (χ3v) is 5.37. The standard InChI is InChI=1S/C24H26FNO5/c1-14(2)22(27)20-21(16-7-10-18(30-3)19(13-16)31-4)26(24(29)23(20)28)12-11-15-5-8-17(25)9-6-15/h5-10,13-14,21,28H,11-12H2,1-4H3. The van der Waals surface area contributed by atoms with Crippen LogP contribution in [0.1, 0.15) is 31.0 Å². The normalized spacial score (nSPS) is 16.3. The number of hydrogen-bond acceptors (Lipinski definition) is 5. The Morgan fingerprint density at radius 3 is 2.32 bits per heavy atom. The van der Waals surface area contributed by atoms with E-state index in [0.717, 1.165) is 5.56 Å². The highest BCUT2D eigenvalue weighted by Crippen LogP contribution is 2.41. The number of ketones is 1. The van der Waals surface area contributed by atoms with Crippen molar-refractivity contribution >= 4 is 11.7 Å². The van der Waals surface area contributed by atoms with Crippen molar-refractivity contribution < 1.29 is 28.6 Å². The second-order valence-corrected chi connectivity index (χ2v) is 7.67. The number of methoxy groups -OCH3 is 2. The quantitative estimate of drug-likeness (QED) is 0.689. The summed E-state index contributed by atoms with van der Waals surface area (Å²) in [5.41, 5.74) is 1.54. The van der Waals surface area contributed by atoms with E-state index in [-0.39, 0.29) is 23.7 Å². The molecule has 164 valence electrons. The van der Waals surface area contributed by atoms with Gasteiger partial charge in [0.1, 0.15) is 5.82 Å². The van der Waals surface area contributed by atoms with E-state index in [1.54, 1.807) is 44.2 Å². The molecule has 0 saturated heterocycles. The number of nitrogens with zero attached hydrogens (tertiary/aromatic N) is 1. The first-order valence-corrected chi connectivity index (χ1v) is 10.0. The van der Waals surface area contributed by atoms with Crippen LogP contribution >= 0.6 is 0 Å². The molecule has 1 unspecified atom stereocenters. The predicted molar refractivity (Wildman–Crippen MR) is 114 cm³/mol. The Labute approximate surface area is 180 Å². The number of Topliss-reactive ketones (excluding diaryl/α,β-unsaturated/α-hetero) is 1. The van der Waals surface area contributed by atoms with Gasteiger partial charge in [-0.05, 0) is 41.8 Å². The molecular weight excluding hydrogens is 401 g/mol. The fourth-order valence-electron chi connectivity index (χ4n) is 3.72. The highest BCUT2D eigenvalue weighted by Gasteiger charge is 2.43. The van der Waals surface area contributed by atoms with Crippen molar-refractivity contribution in [3.05, 3.63) is 70.7 Å². The summed E-state index contributed by atoms with van der Waals surface area (Å²) in [6.07, 6.45) is 0.437. The van der Waals surface area contributed by atoms with E-state index < -0.39 is 23.6 Å². The summed E-state index contributed by atoms with van der Waals surface area (Å²) in [5.74, 6) is -1.21. The zero-order chi connectivity index (χ0) is 22.7. The van der Waals surface area contributed by atoms with E-state index in [1.807, 2.05) is 0 Å². The van der Waals surface area contributed by atoms with Gasteiger partial charge in [0.25, 0.3) is 5.91 Å². The number of aliphatic hydroxyl groups excluding tert-OH is 1. The summed E-state index contributed by atoms with van der Waals surface area (Å²) in [7, 11) is 3.02. The van der Waals surface area contributed by atoms with E-state index in [4.69, 9.17) is 9.47 Å². The smallest absolute Gasteiger partial charge is 0.290 e. The van der Waals surface area contributed by atoms with E-state index in [0.29, 0.717) is 23.5 Å². The number of ether oxygens (including phenoxy) is 2. The molecule has 1 atom stereocenters. The minimum absolute atomic E-state index is 0.0753. The first-order valence-electron chi connectivity index (χ1n) is 10.0. The van der Waals surface area contributed by atoms with Crippen molar-refractivity contribution in [2.24, 2.45) is 5.92 Å². The van der Waals surface area contributed by atoms with E-state index in [2.05, 4.69) is 0 Å². The maximum Gasteiger partial charge on any atom is 0.290 e. The molecule has 1 aliphatic rings. The number of benzene rings is 2. The Bertz CT molecular complexity index is 1010. The summed E-state index contributed by atoms with van der Waals surface area (Å²) < 4.78 is 23.9. The minimum Gasteiger partial charge on any atom is -0.503 e. The molecule has 1 N–H and O–H groups in total. The molecule has 0 fully saturated rings. The van der Waals surface area contributed by atoms with Crippen LogP contribution in [0.2, 0.25) is 0 Å². The Morgan fingerprint density at radius 1 is 1.10 bits per heavy atom. The highest BCUT2D eigenvalue weighted by molar-refractivity contribution is 6.09. The number of carbonyl (C=O) groups is 2. The van der Waals surface area contributed by atoms with Gasteiger partial charge in [-0.2, -0.15) is 0 Å². The molecule has 0 aromatic heterocycles. The van der Waals surface area contributed by atoms with Gasteiger partial charge in [0.15, 0.2) is 23.0 Å². The molecule has 2 aromatic rings. The first-order chi connectivity index (χ1) is 14.8. The maximum absolute atomic E-state index is 13.2. The van der Waals surface area contributed by atoms with Gasteiger partial charge in [0.05, 0.1) is 25.8 Å². The summed E-state index contributed by atoms with van der Waals surface area (Å²) in [4.78, 5) is 27.3. The lowest BCUT2D eigenvalue weighted by Crippen LogP contribution is -2.33. The molecule has 0 saturated carbocycles. The van der Waals surface area contributed by atoms with Gasteiger partial charge >= 0.3 is 0 Å². The Morgan fingerprint density at radius 2 is 1.74 bits per heavy atom. The summed E-state index contributed by atoms with van der Waals surface area (Å²) >= 11 is 0. The fourth-order valence-corrected chi connectivity index (χ4v) is 3.72. The molecule has 0 radical (unpaired) electrons. The van der Waals surface area contributed by atoms with Gasteiger partial charge in [0, 0.05) is 12.5 Å². The molecular formula is C24H26FNO5. The van der Waals surface area contributed by atoms with Crippen LogP contribution in [0.3, 0.4) is 0 Å². The molecule has 7 heteroatoms. The first kappa shape index (κ1) is 22.3. The van der Waals surface area contributed by atoms with Gasteiger partial charge in [0.2, 0.25) is 0 Å². The molecule has 1 aliphatic heterocycles. The van der Waals surface area contributed by atoms with E-state index >= 15 is 0 Å². The van der Waals surface area contributed by atoms with Crippen molar-refractivity contribution in [2.75, 3.05) is 20.8 Å². The Balaban J connectivity index is 2.01. The number of hydrogen-bond donors (Lipinski definition) is 1. The molecule has 0 spiro atoms. The minimum atomic E-state index is -0.761. The number of aliphatic hydroxyl groups is 1. The monoisotopic (exact) mass is 427 g/mol. The second kappa shape index (κ2) is 9.20. The largest absolute Gasteiger partial charge is 0.503 e. The molecule has 0 bridgehead atoms. The zero-order valence-corrected chi connectivity index (χ0v) is 18.0. The lowest BCUT2D eigenvalue weighted by atomic mass is 9.91. The highest BCUT2D eigenvalue weighted by atomic mass is 19.1. The van der Waals surface area contributed by atoms with E-state index in [9.17, 15) is 19.1 Å². The topological polar surface area (TPSA) is 76.1 Å². The average molecular weight is 427 g/mol. The Kier molecular flexibility index (Phi) is 6.63. The van der Waals surface area contributed by atoms with Crippen molar-refractivity contribution in [1.82, 2.24) is 4.90 Å². The molecule has 1 amide bonds. The molecule has 3 rings (SSSR count). The average Bonchev–Trinajstić information content (AvgIpc) is 3.02. The zero-order valence-electron chi connectivity index (χ0n) is 18.0. The van der Waals surface area contributed by atoms with Gasteiger partial charge < -0.3 is 19.5 Å². The lowest BCUT2D eigenvalue weighted by Gasteiger charge is -2.28. The SMILES string of the molecule is COc1ccc(C2C(C(=O)C(C)C)=C(O)C(=O)N2CCc2ccc(F)cc2)cc1OC. The van der Waals surface area contributed by atoms with Gasteiger partial charge in [-0.1, -0.05) is 32.0 Å². The van der Waals surface area contributed by atoms with Crippen LogP contribution < -0.4 is 9.47 Å². The van der Waals surface area contributed by atoms with Crippen LogP contribution in [-0.2, 0) is 16.0 Å². The van der Waals surface area contributed by atoms with Crippen LogP contribution in [0, 0.1) is 11.7 Å². The number of rotatable bonds is 8. The molecule has 6 nitrogen and oxygen atoms in total. The van der Waals surface area contributed by atoms with Crippen LogP contribution in [-0.4, -0.2) is 42.5 Å². The molecule has 0 aliphatic carbocycles. The van der Waals surface area contributed by atoms with Gasteiger partial charge in [-0.3, -0.25) is 9.59 Å². The third-order valence-electron chi connectivity index (χ3n) is 5.37. The molecule has 2 aromatic carbocycles. The van der Waals surface area contributed by atoms with Crippen molar-refractivity contribution in [1.29, 1.82) is 0 Å². The van der Waals surface area contributed by atoms with Gasteiger partial charge in [-0.15, -0.1) is 0 Å². The lowest BCUT2D eigenvalue weighted by molar-refractivity contribution is -0.129. The molecule has 31 heavy (non-hydrogen) atoms. The van der Waals surface area contributed by atoms with Crippen molar-refractivity contribution in [2.45, 2.75) is 26.3 Å². The summed E-state index contributed by atoms with van der Waals surface area (Å²) in [5, 5.41) is 10.6. The predicted octanol–water partition coefficient (Wildman–Crippen LogP) is 4.01. The number of amides is 1. The van der Waals surface area contributed by atoms with Crippen molar-refractivity contribution in [3.63, 3.8) is 0 Å². The number of halogens is 1. The fraction of sp³-hybridized carbons (Fsp3) is 0.333. The summed E-state index contributed by atoms with van der Waals surface area (Å²) in [6, 6.07) is 10.4. The van der Waals surface area contributed by atoms with Crippen LogP contribution in [0.15, 0.2) is 53.8 Å². The van der Waals surface area contributed by atoms with E-state index in [1.165, 1.54) is 31.3 Å². The molecule has 1 heterocycles. The summed E-state index contributed by atoms with van der Waals surface area (Å²) in [6.45, 7) is 3.68. The second-order valence-electron chi connectivity index (χ2n) is 7.67. The maximum atomic E-state index is 13.2. The number of carbonyl (C=O) groups excluding carboxylic acids is 2. The third kappa shape index (κ3) is 4.40. The van der Waals surface area contributed by atoms with Crippen LogP contribution in [0.25, 0.3) is 0 Å². The van der Waals surface area contributed by atoms with Gasteiger partial charge in [-0.25, -0.2) is 4.39 Å². The van der Waals surface area contributed by atoms with Crippen LogP contribution in [0.5, 0.6) is 11.5 Å². The Hall–Kier alpha value is -3.35. The van der Waals surface area contributed by atoms with Crippen molar-refractivity contribution in [3.8, 4) is 11.5 Å². The van der Waals surface area contributed by atoms with Crippen LogP contribution in [0.4, 0.5) is 4.39 Å².